The average Bonchev–Trinajstić information content (AvgIpc) is 2.76. The van der Waals surface area contributed by atoms with Gasteiger partial charge < -0.3 is 4.57 Å². The molecule has 0 radical (unpaired) electrons. The van der Waals surface area contributed by atoms with Crippen molar-refractivity contribution in [3.05, 3.63) is 29.0 Å². The Morgan fingerprint density at radius 3 is 2.81 bits per heavy atom. The maximum Gasteiger partial charge on any atom is 0.127 e. The molecule has 114 valence electrons. The molecule has 0 amide bonds. The Balaban J connectivity index is 2.14. The number of imidazole rings is 1. The van der Waals surface area contributed by atoms with Crippen LogP contribution >= 0.6 is 23.2 Å². The first-order valence-electron chi connectivity index (χ1n) is 7.69. The van der Waals surface area contributed by atoms with E-state index < -0.39 is 0 Å². The molecule has 3 rings (SSSR count). The van der Waals surface area contributed by atoms with E-state index in [-0.39, 0.29) is 5.38 Å². The molecule has 1 aliphatic carbocycles. The number of rotatable bonds is 2. The molecular weight excluding hydrogens is 303 g/mol. The summed E-state index contributed by atoms with van der Waals surface area (Å²) in [5, 5.41) is 0.661. The second kappa shape index (κ2) is 5.48. The van der Waals surface area contributed by atoms with Crippen molar-refractivity contribution in [2.75, 3.05) is 0 Å². The Bertz CT molecular complexity index is 658. The highest BCUT2D eigenvalue weighted by atomic mass is 35.5. The van der Waals surface area contributed by atoms with E-state index in [2.05, 4.69) is 18.4 Å². The third kappa shape index (κ3) is 2.93. The van der Waals surface area contributed by atoms with E-state index >= 15 is 0 Å². The van der Waals surface area contributed by atoms with Gasteiger partial charge in [0.2, 0.25) is 0 Å². The van der Waals surface area contributed by atoms with E-state index in [0.29, 0.717) is 11.5 Å². The normalized spacial score (nSPS) is 23.4. The molecule has 0 saturated heterocycles. The van der Waals surface area contributed by atoms with Gasteiger partial charge in [-0.3, -0.25) is 0 Å². The van der Waals surface area contributed by atoms with Crippen molar-refractivity contribution in [1.29, 1.82) is 0 Å². The van der Waals surface area contributed by atoms with Crippen LogP contribution < -0.4 is 0 Å². The highest BCUT2D eigenvalue weighted by molar-refractivity contribution is 6.31. The monoisotopic (exact) mass is 324 g/mol. The van der Waals surface area contributed by atoms with Crippen LogP contribution in [0.25, 0.3) is 11.0 Å². The Hall–Kier alpha value is -0.730. The second-order valence-electron chi connectivity index (χ2n) is 7.00. The molecule has 21 heavy (non-hydrogen) atoms. The van der Waals surface area contributed by atoms with E-state index in [0.717, 1.165) is 21.9 Å². The van der Waals surface area contributed by atoms with Gasteiger partial charge in [0, 0.05) is 11.1 Å². The van der Waals surface area contributed by atoms with Gasteiger partial charge in [0.15, 0.2) is 0 Å². The van der Waals surface area contributed by atoms with Crippen LogP contribution in [-0.4, -0.2) is 9.55 Å². The Morgan fingerprint density at radius 2 is 2.14 bits per heavy atom. The molecular formula is C17H22Cl2N2. The molecule has 2 atom stereocenters. The average molecular weight is 325 g/mol. The maximum atomic E-state index is 6.39. The Labute approximate surface area is 136 Å². The number of benzene rings is 1. The van der Waals surface area contributed by atoms with Crippen LogP contribution in [-0.2, 0) is 0 Å². The molecule has 1 fully saturated rings. The smallest absolute Gasteiger partial charge is 0.127 e. The Morgan fingerprint density at radius 1 is 1.38 bits per heavy atom. The first-order chi connectivity index (χ1) is 9.87. The van der Waals surface area contributed by atoms with Crippen molar-refractivity contribution in [2.45, 2.75) is 57.9 Å². The summed E-state index contributed by atoms with van der Waals surface area (Å²) in [7, 11) is 0. The summed E-state index contributed by atoms with van der Waals surface area (Å²) in [4.78, 5) is 4.75. The molecule has 0 bridgehead atoms. The molecule has 1 heterocycles. The van der Waals surface area contributed by atoms with Gasteiger partial charge in [-0.1, -0.05) is 31.9 Å². The summed E-state index contributed by atoms with van der Waals surface area (Å²) in [5.41, 5.74) is 2.49. The minimum Gasteiger partial charge on any atom is -0.324 e. The fraction of sp³-hybridized carbons (Fsp3) is 0.588. The largest absolute Gasteiger partial charge is 0.324 e. The predicted octanol–water partition coefficient (Wildman–Crippen LogP) is 6.13. The third-order valence-electron chi connectivity index (χ3n) is 4.58. The molecule has 1 aromatic heterocycles. The van der Waals surface area contributed by atoms with Gasteiger partial charge in [-0.2, -0.15) is 0 Å². The lowest BCUT2D eigenvalue weighted by Crippen LogP contribution is -2.26. The molecule has 2 unspecified atom stereocenters. The molecule has 0 aliphatic heterocycles. The lowest BCUT2D eigenvalue weighted by molar-refractivity contribution is 0.183. The summed E-state index contributed by atoms with van der Waals surface area (Å²) in [6.07, 6.45) is 4.91. The highest BCUT2D eigenvalue weighted by Crippen LogP contribution is 2.43. The molecule has 1 saturated carbocycles. The van der Waals surface area contributed by atoms with E-state index in [1.165, 1.54) is 25.7 Å². The van der Waals surface area contributed by atoms with Crippen LogP contribution in [0.15, 0.2) is 18.2 Å². The molecule has 0 N–H and O–H groups in total. The van der Waals surface area contributed by atoms with Crippen molar-refractivity contribution in [3.8, 4) is 0 Å². The van der Waals surface area contributed by atoms with Crippen LogP contribution in [0.1, 0.15) is 63.7 Å². The van der Waals surface area contributed by atoms with Crippen LogP contribution in [0.4, 0.5) is 0 Å². The predicted molar refractivity (Wildman–Crippen MR) is 90.3 cm³/mol. The zero-order valence-corrected chi connectivity index (χ0v) is 14.4. The number of halogens is 2. The van der Waals surface area contributed by atoms with Crippen molar-refractivity contribution in [1.82, 2.24) is 9.55 Å². The Kier molecular flexibility index (Phi) is 3.96. The van der Waals surface area contributed by atoms with Crippen LogP contribution in [0, 0.1) is 5.41 Å². The molecule has 2 aromatic rings. The van der Waals surface area contributed by atoms with Crippen molar-refractivity contribution in [2.24, 2.45) is 5.41 Å². The van der Waals surface area contributed by atoms with E-state index in [4.69, 9.17) is 28.2 Å². The molecule has 2 nitrogen and oxygen atoms in total. The van der Waals surface area contributed by atoms with Gasteiger partial charge in [0.1, 0.15) is 5.82 Å². The first kappa shape index (κ1) is 15.2. The SMILES string of the molecule is CC(Cl)c1nc2ccc(Cl)cc2n1C1CCCC(C)(C)C1. The van der Waals surface area contributed by atoms with Crippen molar-refractivity contribution in [3.63, 3.8) is 0 Å². The standard InChI is InChI=1S/C17H22Cl2N2/c1-11(18)16-20-14-7-6-12(19)9-15(14)21(16)13-5-4-8-17(2,3)10-13/h6-7,9,11,13H,4-5,8,10H2,1-3H3. The number of alkyl halides is 1. The topological polar surface area (TPSA) is 17.8 Å². The minimum absolute atomic E-state index is 0.0961. The molecule has 4 heteroatoms. The fourth-order valence-electron chi connectivity index (χ4n) is 3.63. The van der Waals surface area contributed by atoms with Crippen LogP contribution in [0.5, 0.6) is 0 Å². The maximum absolute atomic E-state index is 6.39. The van der Waals surface area contributed by atoms with Gasteiger partial charge in [0.05, 0.1) is 16.4 Å². The second-order valence-corrected chi connectivity index (χ2v) is 8.09. The highest BCUT2D eigenvalue weighted by Gasteiger charge is 2.31. The van der Waals surface area contributed by atoms with E-state index in [1.807, 2.05) is 25.1 Å². The summed E-state index contributed by atoms with van der Waals surface area (Å²) < 4.78 is 2.35. The zero-order chi connectivity index (χ0) is 15.2. The molecule has 1 aromatic carbocycles. The van der Waals surface area contributed by atoms with E-state index in [9.17, 15) is 0 Å². The third-order valence-corrected chi connectivity index (χ3v) is 5.01. The lowest BCUT2D eigenvalue weighted by Gasteiger charge is -2.37. The molecule has 0 spiro atoms. The number of nitrogens with zero attached hydrogens (tertiary/aromatic N) is 2. The van der Waals surface area contributed by atoms with Crippen molar-refractivity contribution >= 4 is 34.2 Å². The number of aromatic nitrogens is 2. The van der Waals surface area contributed by atoms with Gasteiger partial charge >= 0.3 is 0 Å². The van der Waals surface area contributed by atoms with Crippen LogP contribution in [0.3, 0.4) is 0 Å². The quantitative estimate of drug-likeness (QED) is 0.607. The first-order valence-corrected chi connectivity index (χ1v) is 8.50. The summed E-state index contributed by atoms with van der Waals surface area (Å²) in [6, 6.07) is 6.38. The number of hydrogen-bond acceptors (Lipinski definition) is 1. The van der Waals surface area contributed by atoms with Crippen LogP contribution in [0.2, 0.25) is 5.02 Å². The van der Waals surface area contributed by atoms with Gasteiger partial charge in [-0.25, -0.2) is 4.98 Å². The van der Waals surface area contributed by atoms with Crippen molar-refractivity contribution < 1.29 is 0 Å². The molecule has 1 aliphatic rings. The van der Waals surface area contributed by atoms with E-state index in [1.54, 1.807) is 0 Å². The lowest BCUT2D eigenvalue weighted by atomic mass is 9.75. The number of fused-ring (bicyclic) bond motifs is 1. The summed E-state index contributed by atoms with van der Waals surface area (Å²) in [6.45, 7) is 6.71. The van der Waals surface area contributed by atoms with Gasteiger partial charge in [0.25, 0.3) is 0 Å². The van der Waals surface area contributed by atoms with Gasteiger partial charge in [-0.15, -0.1) is 11.6 Å². The summed E-state index contributed by atoms with van der Waals surface area (Å²) in [5.74, 6) is 0.969. The minimum atomic E-state index is -0.0961. The number of hydrogen-bond donors (Lipinski definition) is 0. The fourth-order valence-corrected chi connectivity index (χ4v) is 3.95. The summed E-state index contributed by atoms with van der Waals surface area (Å²) >= 11 is 12.6. The zero-order valence-electron chi connectivity index (χ0n) is 12.9. The van der Waals surface area contributed by atoms with Gasteiger partial charge in [-0.05, 0) is 49.8 Å².